The van der Waals surface area contributed by atoms with E-state index in [1.165, 1.54) is 11.3 Å². The predicted octanol–water partition coefficient (Wildman–Crippen LogP) is 2.01. The van der Waals surface area contributed by atoms with Gasteiger partial charge in [0.05, 0.1) is 18.3 Å². The second-order valence-corrected chi connectivity index (χ2v) is 6.17. The monoisotopic (exact) mass is 319 g/mol. The number of rotatable bonds is 6. The van der Waals surface area contributed by atoms with Crippen LogP contribution in [0.3, 0.4) is 0 Å². The molecule has 116 valence electrons. The summed E-state index contributed by atoms with van der Waals surface area (Å²) in [6.07, 6.45) is 6.19. The summed E-state index contributed by atoms with van der Waals surface area (Å²) in [5.74, 6) is -1.63. The van der Waals surface area contributed by atoms with Gasteiger partial charge in [-0.25, -0.2) is 4.98 Å². The molecular weight excluding hydrogens is 302 g/mol. The Kier molecular flexibility index (Phi) is 4.24. The summed E-state index contributed by atoms with van der Waals surface area (Å²) in [5, 5.41) is 13.3. The van der Waals surface area contributed by atoms with E-state index in [4.69, 9.17) is 0 Å². The fourth-order valence-corrected chi connectivity index (χ4v) is 3.66. The minimum absolute atomic E-state index is 0.0748. The van der Waals surface area contributed by atoms with Gasteiger partial charge in [-0.2, -0.15) is 11.3 Å². The van der Waals surface area contributed by atoms with Gasteiger partial charge in [0, 0.05) is 31.9 Å². The number of aliphatic carboxylic acids is 1. The second-order valence-electron chi connectivity index (χ2n) is 5.39. The number of aryl methyl sites for hydroxylation is 1. The first-order chi connectivity index (χ1) is 10.7. The van der Waals surface area contributed by atoms with E-state index in [0.717, 1.165) is 18.5 Å². The van der Waals surface area contributed by atoms with Gasteiger partial charge >= 0.3 is 5.97 Å². The van der Waals surface area contributed by atoms with E-state index in [2.05, 4.69) is 4.98 Å². The molecule has 2 atom stereocenters. The number of hydrogen-bond acceptors (Lipinski definition) is 4. The molecule has 6 nitrogen and oxygen atoms in total. The topological polar surface area (TPSA) is 75.4 Å². The van der Waals surface area contributed by atoms with Crippen molar-refractivity contribution in [1.29, 1.82) is 0 Å². The summed E-state index contributed by atoms with van der Waals surface area (Å²) in [7, 11) is 0. The first-order valence-electron chi connectivity index (χ1n) is 7.17. The van der Waals surface area contributed by atoms with Gasteiger partial charge in [0.25, 0.3) is 0 Å². The number of aromatic nitrogens is 2. The fraction of sp³-hybridized carbons (Fsp3) is 0.400. The summed E-state index contributed by atoms with van der Waals surface area (Å²) in [5.41, 5.74) is 0.922. The van der Waals surface area contributed by atoms with Gasteiger partial charge in [-0.05, 0) is 28.8 Å². The van der Waals surface area contributed by atoms with Gasteiger partial charge in [-0.1, -0.05) is 0 Å². The van der Waals surface area contributed by atoms with Crippen LogP contribution in [0.1, 0.15) is 24.4 Å². The molecule has 22 heavy (non-hydrogen) atoms. The summed E-state index contributed by atoms with van der Waals surface area (Å²) in [4.78, 5) is 29.4. The molecule has 0 aliphatic carbocycles. The Morgan fingerprint density at radius 3 is 2.95 bits per heavy atom. The zero-order valence-corrected chi connectivity index (χ0v) is 12.8. The molecule has 1 amide bonds. The third-order valence-corrected chi connectivity index (χ3v) is 4.71. The number of hydrogen-bond donors (Lipinski definition) is 1. The van der Waals surface area contributed by atoms with E-state index >= 15 is 0 Å². The molecule has 1 aliphatic rings. The minimum Gasteiger partial charge on any atom is -0.481 e. The van der Waals surface area contributed by atoms with Crippen molar-refractivity contribution in [2.45, 2.75) is 25.4 Å². The quantitative estimate of drug-likeness (QED) is 0.884. The minimum atomic E-state index is -0.901. The highest BCUT2D eigenvalue weighted by molar-refractivity contribution is 7.08. The highest BCUT2D eigenvalue weighted by Crippen LogP contribution is 2.39. The first-order valence-corrected chi connectivity index (χ1v) is 8.11. The van der Waals surface area contributed by atoms with Crippen molar-refractivity contribution in [2.75, 3.05) is 6.54 Å². The van der Waals surface area contributed by atoms with Crippen molar-refractivity contribution >= 4 is 23.2 Å². The lowest BCUT2D eigenvalue weighted by Gasteiger charge is -2.26. The molecule has 0 spiro atoms. The third-order valence-electron chi connectivity index (χ3n) is 4.01. The van der Waals surface area contributed by atoms with E-state index in [1.807, 2.05) is 27.6 Å². The van der Waals surface area contributed by atoms with Crippen LogP contribution >= 0.6 is 11.3 Å². The number of carboxylic acids is 1. The van der Waals surface area contributed by atoms with Crippen LogP contribution in [0.2, 0.25) is 0 Å². The Morgan fingerprint density at radius 1 is 1.45 bits per heavy atom. The number of carbonyl (C=O) groups excluding carboxylic acids is 1. The average Bonchev–Trinajstić information content (AvgIpc) is 3.20. The molecule has 1 fully saturated rings. The van der Waals surface area contributed by atoms with Crippen molar-refractivity contribution in [1.82, 2.24) is 14.5 Å². The number of imidazole rings is 1. The van der Waals surface area contributed by atoms with E-state index in [0.29, 0.717) is 6.54 Å². The fourth-order valence-electron chi connectivity index (χ4n) is 2.97. The molecular formula is C15H17N3O3S. The maximum absolute atomic E-state index is 12.2. The number of carboxylic acid groups (broad SMARTS) is 1. The summed E-state index contributed by atoms with van der Waals surface area (Å²) in [6, 6.07) is 1.56. The third kappa shape index (κ3) is 2.89. The standard InChI is InChI=1S/C15H17N3O3S/c19-13-8-12(15(20)21)14(11-2-7-22-9-11)18(13)5-1-4-17-6-3-16-10-17/h2-3,6-7,9-10,12,14H,1,4-5,8H2,(H,20,21)/t12-,14-/m0/s1. The molecule has 3 rings (SSSR count). The zero-order valence-electron chi connectivity index (χ0n) is 12.0. The summed E-state index contributed by atoms with van der Waals surface area (Å²) in [6.45, 7) is 1.32. The SMILES string of the molecule is O=C(O)[C@H]1CC(=O)N(CCCn2ccnc2)[C@H]1c1ccsc1. The molecule has 1 N–H and O–H groups in total. The van der Waals surface area contributed by atoms with Crippen molar-refractivity contribution < 1.29 is 14.7 Å². The Hall–Kier alpha value is -2.15. The van der Waals surface area contributed by atoms with Crippen LogP contribution in [0.25, 0.3) is 0 Å². The number of amides is 1. The maximum atomic E-state index is 12.2. The van der Waals surface area contributed by atoms with Crippen LogP contribution in [-0.4, -0.2) is 38.0 Å². The van der Waals surface area contributed by atoms with Crippen LogP contribution in [0.5, 0.6) is 0 Å². The van der Waals surface area contributed by atoms with Gasteiger partial charge in [-0.15, -0.1) is 0 Å². The van der Waals surface area contributed by atoms with Gasteiger partial charge in [-0.3, -0.25) is 9.59 Å². The Balaban J connectivity index is 1.72. The second kappa shape index (κ2) is 6.31. The predicted molar refractivity (Wildman–Crippen MR) is 81.4 cm³/mol. The zero-order chi connectivity index (χ0) is 15.5. The lowest BCUT2D eigenvalue weighted by molar-refractivity contribution is -0.142. The normalized spacial score (nSPS) is 21.5. The molecule has 1 aliphatic heterocycles. The molecule has 1 saturated heterocycles. The van der Waals surface area contributed by atoms with E-state index in [1.54, 1.807) is 17.4 Å². The molecule has 7 heteroatoms. The van der Waals surface area contributed by atoms with Crippen LogP contribution in [0.15, 0.2) is 35.5 Å². The number of thiophene rings is 1. The molecule has 0 radical (unpaired) electrons. The van der Waals surface area contributed by atoms with Crippen molar-refractivity contribution in [3.8, 4) is 0 Å². The maximum Gasteiger partial charge on any atom is 0.309 e. The number of nitrogens with zero attached hydrogens (tertiary/aromatic N) is 3. The molecule has 0 bridgehead atoms. The molecule has 0 aromatic carbocycles. The average molecular weight is 319 g/mol. The summed E-state index contributed by atoms with van der Waals surface area (Å²) < 4.78 is 1.95. The van der Waals surface area contributed by atoms with Crippen LogP contribution in [0.4, 0.5) is 0 Å². The van der Waals surface area contributed by atoms with Crippen molar-refractivity contribution in [3.63, 3.8) is 0 Å². The molecule has 2 aromatic heterocycles. The molecule has 0 unspecified atom stereocenters. The first kappa shape index (κ1) is 14.8. The van der Waals surface area contributed by atoms with Crippen LogP contribution in [0, 0.1) is 5.92 Å². The number of carbonyl (C=O) groups is 2. The Bertz CT molecular complexity index is 639. The van der Waals surface area contributed by atoms with Gasteiger partial charge in [0.2, 0.25) is 5.91 Å². The largest absolute Gasteiger partial charge is 0.481 e. The van der Waals surface area contributed by atoms with Crippen LogP contribution < -0.4 is 0 Å². The highest BCUT2D eigenvalue weighted by Gasteiger charge is 2.44. The smallest absolute Gasteiger partial charge is 0.309 e. The number of likely N-dealkylation sites (tertiary alicyclic amines) is 1. The van der Waals surface area contributed by atoms with E-state index < -0.39 is 11.9 Å². The van der Waals surface area contributed by atoms with E-state index in [9.17, 15) is 14.7 Å². The highest BCUT2D eigenvalue weighted by atomic mass is 32.1. The summed E-state index contributed by atoms with van der Waals surface area (Å²) >= 11 is 1.52. The molecule has 2 aromatic rings. The van der Waals surface area contributed by atoms with E-state index in [-0.39, 0.29) is 18.4 Å². The molecule has 3 heterocycles. The molecule has 0 saturated carbocycles. The lowest BCUT2D eigenvalue weighted by Crippen LogP contribution is -2.31. The van der Waals surface area contributed by atoms with Crippen molar-refractivity contribution in [3.05, 3.63) is 41.1 Å². The van der Waals surface area contributed by atoms with Gasteiger partial charge in [0.1, 0.15) is 0 Å². The van der Waals surface area contributed by atoms with Gasteiger partial charge < -0.3 is 14.6 Å². The Labute approximate surface area is 132 Å². The Morgan fingerprint density at radius 2 is 2.32 bits per heavy atom. The van der Waals surface area contributed by atoms with Crippen molar-refractivity contribution in [2.24, 2.45) is 5.92 Å². The lowest BCUT2D eigenvalue weighted by atomic mass is 9.95. The van der Waals surface area contributed by atoms with Gasteiger partial charge in [0.15, 0.2) is 0 Å². The van der Waals surface area contributed by atoms with Crippen LogP contribution in [-0.2, 0) is 16.1 Å².